The van der Waals surface area contributed by atoms with E-state index in [0.717, 1.165) is 5.69 Å². The third kappa shape index (κ3) is 2.00. The number of nitrogens with zero attached hydrogens (tertiary/aromatic N) is 1. The van der Waals surface area contributed by atoms with Gasteiger partial charge >= 0.3 is 0 Å². The van der Waals surface area contributed by atoms with Crippen LogP contribution in [0.3, 0.4) is 0 Å². The standard InChI is InChI=1S/C8H12NO2/c1-11-7-9-5-3-2-4-8(9)6-10/h2-5,10H,6-7H2,1H3/q+1. The van der Waals surface area contributed by atoms with Crippen molar-refractivity contribution in [2.75, 3.05) is 7.11 Å². The first-order valence-corrected chi connectivity index (χ1v) is 3.45. The second-order valence-corrected chi connectivity index (χ2v) is 2.24. The predicted molar refractivity (Wildman–Crippen MR) is 39.6 cm³/mol. The Kier molecular flexibility index (Phi) is 3.01. The molecule has 0 amide bonds. The lowest BCUT2D eigenvalue weighted by atomic mass is 10.3. The van der Waals surface area contributed by atoms with E-state index in [9.17, 15) is 0 Å². The molecule has 1 aromatic rings. The van der Waals surface area contributed by atoms with E-state index in [1.165, 1.54) is 0 Å². The zero-order valence-electron chi connectivity index (χ0n) is 6.53. The van der Waals surface area contributed by atoms with Crippen LogP contribution in [0.15, 0.2) is 24.4 Å². The Bertz CT molecular complexity index is 225. The summed E-state index contributed by atoms with van der Waals surface area (Å²) in [7, 11) is 1.63. The fraction of sp³-hybridized carbons (Fsp3) is 0.375. The molecule has 0 atom stereocenters. The number of ether oxygens (including phenoxy) is 1. The van der Waals surface area contributed by atoms with Gasteiger partial charge in [0.15, 0.2) is 6.20 Å². The summed E-state index contributed by atoms with van der Waals surface area (Å²) in [6.07, 6.45) is 1.87. The Labute approximate surface area is 65.9 Å². The van der Waals surface area contributed by atoms with Gasteiger partial charge in [-0.25, -0.2) is 0 Å². The molecule has 0 radical (unpaired) electrons. The van der Waals surface area contributed by atoms with E-state index in [0.29, 0.717) is 6.73 Å². The molecule has 0 aliphatic heterocycles. The highest BCUT2D eigenvalue weighted by Crippen LogP contribution is 1.89. The minimum Gasteiger partial charge on any atom is -0.385 e. The van der Waals surface area contributed by atoms with Crippen molar-refractivity contribution in [3.63, 3.8) is 0 Å². The molecular formula is C8H12NO2+. The maximum Gasteiger partial charge on any atom is 0.252 e. The maximum atomic E-state index is 8.87. The smallest absolute Gasteiger partial charge is 0.252 e. The summed E-state index contributed by atoms with van der Waals surface area (Å²) in [6, 6.07) is 5.65. The van der Waals surface area contributed by atoms with Crippen LogP contribution in [0.1, 0.15) is 5.69 Å². The van der Waals surface area contributed by atoms with Crippen LogP contribution in [0, 0.1) is 0 Å². The van der Waals surface area contributed by atoms with Crippen LogP contribution in [0.4, 0.5) is 0 Å². The summed E-state index contributed by atoms with van der Waals surface area (Å²) in [5.74, 6) is 0. The van der Waals surface area contributed by atoms with Crippen molar-refractivity contribution >= 4 is 0 Å². The molecule has 1 rings (SSSR count). The van der Waals surface area contributed by atoms with Gasteiger partial charge in [-0.2, -0.15) is 4.57 Å². The van der Waals surface area contributed by atoms with Crippen LogP contribution in [-0.2, 0) is 18.1 Å². The quantitative estimate of drug-likeness (QED) is 0.625. The Morgan fingerprint density at radius 1 is 1.55 bits per heavy atom. The van der Waals surface area contributed by atoms with Crippen LogP contribution >= 0.6 is 0 Å². The molecule has 0 saturated heterocycles. The van der Waals surface area contributed by atoms with E-state index in [2.05, 4.69) is 0 Å². The molecule has 11 heavy (non-hydrogen) atoms. The van der Waals surface area contributed by atoms with E-state index >= 15 is 0 Å². The number of rotatable bonds is 3. The fourth-order valence-corrected chi connectivity index (χ4v) is 0.920. The highest BCUT2D eigenvalue weighted by molar-refractivity contribution is 4.95. The molecule has 0 saturated carbocycles. The van der Waals surface area contributed by atoms with E-state index in [4.69, 9.17) is 9.84 Å². The van der Waals surface area contributed by atoms with Crippen molar-refractivity contribution in [2.45, 2.75) is 13.3 Å². The molecule has 3 nitrogen and oxygen atoms in total. The molecular weight excluding hydrogens is 142 g/mol. The summed E-state index contributed by atoms with van der Waals surface area (Å²) in [5.41, 5.74) is 0.856. The van der Waals surface area contributed by atoms with Gasteiger partial charge in [0, 0.05) is 19.2 Å². The van der Waals surface area contributed by atoms with Crippen molar-refractivity contribution in [1.82, 2.24) is 0 Å². The molecule has 0 spiro atoms. The molecule has 1 aromatic heterocycles. The summed E-state index contributed by atoms with van der Waals surface area (Å²) in [4.78, 5) is 0. The van der Waals surface area contributed by atoms with Crippen molar-refractivity contribution in [3.8, 4) is 0 Å². The summed E-state index contributed by atoms with van der Waals surface area (Å²) in [6.45, 7) is 0.529. The van der Waals surface area contributed by atoms with Crippen molar-refractivity contribution < 1.29 is 14.4 Å². The average molecular weight is 154 g/mol. The summed E-state index contributed by atoms with van der Waals surface area (Å²) in [5, 5.41) is 8.87. The Morgan fingerprint density at radius 3 is 3.00 bits per heavy atom. The molecule has 1 heterocycles. The van der Waals surface area contributed by atoms with Gasteiger partial charge in [0.25, 0.3) is 6.73 Å². The molecule has 0 aliphatic carbocycles. The number of pyridine rings is 1. The highest BCUT2D eigenvalue weighted by Gasteiger charge is 2.05. The lowest BCUT2D eigenvalue weighted by molar-refractivity contribution is -0.739. The predicted octanol–water partition coefficient (Wildman–Crippen LogP) is 0.0703. The molecule has 3 heteroatoms. The second kappa shape index (κ2) is 4.05. The zero-order valence-corrected chi connectivity index (χ0v) is 6.53. The van der Waals surface area contributed by atoms with E-state index < -0.39 is 0 Å². The van der Waals surface area contributed by atoms with Crippen molar-refractivity contribution in [3.05, 3.63) is 30.1 Å². The second-order valence-electron chi connectivity index (χ2n) is 2.24. The van der Waals surface area contributed by atoms with Gasteiger partial charge in [0.05, 0.1) is 0 Å². The molecule has 1 N–H and O–H groups in total. The van der Waals surface area contributed by atoms with Crippen LogP contribution in [0.5, 0.6) is 0 Å². The van der Waals surface area contributed by atoms with Gasteiger partial charge in [0.1, 0.15) is 6.61 Å². The first-order valence-electron chi connectivity index (χ1n) is 3.45. The lowest BCUT2D eigenvalue weighted by Gasteiger charge is -1.98. The zero-order chi connectivity index (χ0) is 8.10. The van der Waals surface area contributed by atoms with Crippen LogP contribution in [-0.4, -0.2) is 12.2 Å². The Morgan fingerprint density at radius 2 is 2.36 bits per heavy atom. The topological polar surface area (TPSA) is 33.3 Å². The van der Waals surface area contributed by atoms with Crippen molar-refractivity contribution in [1.29, 1.82) is 0 Å². The molecule has 0 aromatic carbocycles. The lowest BCUT2D eigenvalue weighted by Crippen LogP contribution is -2.38. The number of hydrogen-bond donors (Lipinski definition) is 1. The number of hydrogen-bond acceptors (Lipinski definition) is 2. The Hall–Kier alpha value is -0.930. The van der Waals surface area contributed by atoms with E-state index in [1.807, 2.05) is 29.0 Å². The van der Waals surface area contributed by atoms with Crippen molar-refractivity contribution in [2.24, 2.45) is 0 Å². The summed E-state index contributed by atoms with van der Waals surface area (Å²) < 4.78 is 6.77. The third-order valence-electron chi connectivity index (χ3n) is 1.46. The minimum absolute atomic E-state index is 0.0458. The molecule has 0 unspecified atom stereocenters. The van der Waals surface area contributed by atoms with Crippen LogP contribution in [0.2, 0.25) is 0 Å². The molecule has 0 fully saturated rings. The molecule has 60 valence electrons. The van der Waals surface area contributed by atoms with E-state index in [-0.39, 0.29) is 6.61 Å². The van der Waals surface area contributed by atoms with Gasteiger partial charge in [0.2, 0.25) is 5.69 Å². The van der Waals surface area contributed by atoms with Crippen LogP contribution < -0.4 is 4.57 Å². The number of aliphatic hydroxyl groups excluding tert-OH is 1. The number of aliphatic hydroxyl groups is 1. The van der Waals surface area contributed by atoms with Gasteiger partial charge < -0.3 is 9.84 Å². The average Bonchev–Trinajstić information content (AvgIpc) is 2.06. The first-order chi connectivity index (χ1) is 5.38. The number of methoxy groups -OCH3 is 1. The SMILES string of the molecule is COC[n+]1ccccc1CO. The molecule has 0 bridgehead atoms. The first kappa shape index (κ1) is 8.17. The third-order valence-corrected chi connectivity index (χ3v) is 1.46. The normalized spacial score (nSPS) is 10.0. The van der Waals surface area contributed by atoms with Gasteiger partial charge in [-0.05, 0) is 0 Å². The fourth-order valence-electron chi connectivity index (χ4n) is 0.920. The largest absolute Gasteiger partial charge is 0.385 e. The Balaban J connectivity index is 2.83. The van der Waals surface area contributed by atoms with Crippen LogP contribution in [0.25, 0.3) is 0 Å². The highest BCUT2D eigenvalue weighted by atomic mass is 16.5. The van der Waals surface area contributed by atoms with Gasteiger partial charge in [-0.1, -0.05) is 6.07 Å². The van der Waals surface area contributed by atoms with E-state index in [1.54, 1.807) is 7.11 Å². The van der Waals surface area contributed by atoms with Gasteiger partial charge in [-0.3, -0.25) is 0 Å². The maximum absolute atomic E-state index is 8.87. The summed E-state index contributed by atoms with van der Waals surface area (Å²) >= 11 is 0. The minimum atomic E-state index is 0.0458. The monoisotopic (exact) mass is 154 g/mol. The number of aromatic nitrogens is 1. The van der Waals surface area contributed by atoms with Gasteiger partial charge in [-0.15, -0.1) is 0 Å². The molecule has 0 aliphatic rings.